The van der Waals surface area contributed by atoms with Crippen LogP contribution in [0, 0.1) is 0 Å². The first-order chi connectivity index (χ1) is 14.6. The van der Waals surface area contributed by atoms with Crippen molar-refractivity contribution in [3.63, 3.8) is 0 Å². The fraction of sp³-hybridized carbons (Fsp3) is 0.333. The van der Waals surface area contributed by atoms with E-state index in [1.54, 1.807) is 38.3 Å². The Hall–Kier alpha value is -3.62. The zero-order chi connectivity index (χ0) is 21.1. The summed E-state index contributed by atoms with van der Waals surface area (Å²) in [6.45, 7) is 1.14. The molecule has 1 aliphatic rings. The molecule has 0 fully saturated rings. The zero-order valence-electron chi connectivity index (χ0n) is 17.2. The van der Waals surface area contributed by atoms with Crippen molar-refractivity contribution in [2.24, 2.45) is 7.05 Å². The smallest absolute Gasteiger partial charge is 0.260 e. The lowest BCUT2D eigenvalue weighted by atomic mass is 9.99. The molecule has 1 aliphatic heterocycles. The summed E-state index contributed by atoms with van der Waals surface area (Å²) in [5.74, 6) is 2.47. The number of fused-ring (bicyclic) bond motifs is 1. The first-order valence-electron chi connectivity index (χ1n) is 9.56. The molecule has 0 spiro atoms. The standard InChI is InChI=1S/C21H23N5O4/c1-25-23-21(22-24-25)14-4-6-17(7-5-14)30-13-20(27)26-9-8-15-10-18(28-2)19(29-3)11-16(15)12-26/h4-7,10-11H,8-9,12-13H2,1-3H3. The molecule has 9 nitrogen and oxygen atoms in total. The van der Waals surface area contributed by atoms with Crippen LogP contribution in [0.2, 0.25) is 0 Å². The molecule has 2 heterocycles. The number of aromatic nitrogens is 4. The normalized spacial score (nSPS) is 13.0. The Kier molecular flexibility index (Phi) is 5.51. The molecule has 0 saturated heterocycles. The summed E-state index contributed by atoms with van der Waals surface area (Å²) >= 11 is 0. The molecular formula is C21H23N5O4. The van der Waals surface area contributed by atoms with Gasteiger partial charge in [0, 0.05) is 18.7 Å². The Balaban J connectivity index is 1.37. The predicted octanol–water partition coefficient (Wildman–Crippen LogP) is 1.86. The van der Waals surface area contributed by atoms with Gasteiger partial charge in [-0.05, 0) is 59.2 Å². The zero-order valence-corrected chi connectivity index (χ0v) is 17.2. The van der Waals surface area contributed by atoms with Gasteiger partial charge >= 0.3 is 0 Å². The lowest BCUT2D eigenvalue weighted by Gasteiger charge is -2.29. The lowest BCUT2D eigenvalue weighted by molar-refractivity contribution is -0.134. The van der Waals surface area contributed by atoms with Crippen LogP contribution in [0.25, 0.3) is 11.4 Å². The summed E-state index contributed by atoms with van der Waals surface area (Å²) in [5.41, 5.74) is 3.07. The van der Waals surface area contributed by atoms with Crippen LogP contribution in [-0.4, -0.2) is 58.4 Å². The second-order valence-electron chi connectivity index (χ2n) is 6.96. The summed E-state index contributed by atoms with van der Waals surface area (Å²) in [4.78, 5) is 15.9. The Bertz CT molecular complexity index is 1050. The number of carbonyl (C=O) groups is 1. The van der Waals surface area contributed by atoms with Crippen LogP contribution in [0.15, 0.2) is 36.4 Å². The van der Waals surface area contributed by atoms with Crippen LogP contribution in [0.5, 0.6) is 17.2 Å². The highest BCUT2D eigenvalue weighted by molar-refractivity contribution is 5.78. The first-order valence-corrected chi connectivity index (χ1v) is 9.56. The van der Waals surface area contributed by atoms with Gasteiger partial charge in [-0.15, -0.1) is 10.2 Å². The van der Waals surface area contributed by atoms with Crippen LogP contribution in [0.1, 0.15) is 11.1 Å². The molecule has 1 aromatic heterocycles. The third-order valence-electron chi connectivity index (χ3n) is 5.05. The van der Waals surface area contributed by atoms with E-state index in [-0.39, 0.29) is 12.5 Å². The van der Waals surface area contributed by atoms with Crippen molar-refractivity contribution in [3.8, 4) is 28.6 Å². The third kappa shape index (κ3) is 4.05. The molecule has 156 valence electrons. The molecule has 0 N–H and O–H groups in total. The first kappa shape index (κ1) is 19.7. The number of carbonyl (C=O) groups excluding carboxylic acids is 1. The van der Waals surface area contributed by atoms with E-state index in [9.17, 15) is 4.79 Å². The van der Waals surface area contributed by atoms with E-state index in [1.807, 2.05) is 24.3 Å². The number of nitrogens with zero attached hydrogens (tertiary/aromatic N) is 5. The molecular weight excluding hydrogens is 386 g/mol. The summed E-state index contributed by atoms with van der Waals surface area (Å²) in [5, 5.41) is 12.0. The number of amides is 1. The largest absolute Gasteiger partial charge is 0.493 e. The highest BCUT2D eigenvalue weighted by atomic mass is 16.5. The van der Waals surface area contributed by atoms with Crippen molar-refractivity contribution in [1.82, 2.24) is 25.1 Å². The average molecular weight is 409 g/mol. The van der Waals surface area contributed by atoms with E-state index in [0.29, 0.717) is 36.2 Å². The molecule has 0 atom stereocenters. The summed E-state index contributed by atoms with van der Waals surface area (Å²) < 4.78 is 16.4. The lowest BCUT2D eigenvalue weighted by Crippen LogP contribution is -2.38. The van der Waals surface area contributed by atoms with Gasteiger partial charge in [0.15, 0.2) is 18.1 Å². The maximum absolute atomic E-state index is 12.7. The Morgan fingerprint density at radius 1 is 1.07 bits per heavy atom. The van der Waals surface area contributed by atoms with E-state index >= 15 is 0 Å². The third-order valence-corrected chi connectivity index (χ3v) is 5.05. The second kappa shape index (κ2) is 8.40. The van der Waals surface area contributed by atoms with Crippen molar-refractivity contribution < 1.29 is 19.0 Å². The SMILES string of the molecule is COc1cc2c(cc1OC)CN(C(=O)COc1ccc(-c3nnn(C)n3)cc1)CC2. The number of tetrazole rings is 1. The number of hydrogen-bond acceptors (Lipinski definition) is 7. The van der Waals surface area contributed by atoms with Crippen molar-refractivity contribution in [1.29, 1.82) is 0 Å². The molecule has 0 radical (unpaired) electrons. The van der Waals surface area contributed by atoms with E-state index in [2.05, 4.69) is 15.4 Å². The Morgan fingerprint density at radius 2 is 1.77 bits per heavy atom. The van der Waals surface area contributed by atoms with Gasteiger partial charge in [0.05, 0.1) is 21.3 Å². The van der Waals surface area contributed by atoms with Crippen LogP contribution >= 0.6 is 0 Å². The maximum atomic E-state index is 12.7. The van der Waals surface area contributed by atoms with E-state index < -0.39 is 0 Å². The van der Waals surface area contributed by atoms with Crippen molar-refractivity contribution >= 4 is 5.91 Å². The molecule has 0 bridgehead atoms. The molecule has 9 heteroatoms. The van der Waals surface area contributed by atoms with Gasteiger partial charge in [0.1, 0.15) is 5.75 Å². The van der Waals surface area contributed by atoms with Crippen LogP contribution in [0.3, 0.4) is 0 Å². The second-order valence-corrected chi connectivity index (χ2v) is 6.96. The molecule has 30 heavy (non-hydrogen) atoms. The molecule has 2 aromatic carbocycles. The number of hydrogen-bond donors (Lipinski definition) is 0. The van der Waals surface area contributed by atoms with Gasteiger partial charge < -0.3 is 19.1 Å². The van der Waals surface area contributed by atoms with E-state index in [0.717, 1.165) is 17.5 Å². The predicted molar refractivity (Wildman–Crippen MR) is 108 cm³/mol. The summed E-state index contributed by atoms with van der Waals surface area (Å²) in [6, 6.07) is 11.2. The average Bonchev–Trinajstić information content (AvgIpc) is 3.22. The monoisotopic (exact) mass is 409 g/mol. The number of rotatable bonds is 6. The Morgan fingerprint density at radius 3 is 2.40 bits per heavy atom. The molecule has 0 aliphatic carbocycles. The fourth-order valence-electron chi connectivity index (χ4n) is 3.43. The number of methoxy groups -OCH3 is 2. The minimum absolute atomic E-state index is 0.0225. The summed E-state index contributed by atoms with van der Waals surface area (Å²) in [7, 11) is 4.94. The number of ether oxygens (including phenoxy) is 3. The quantitative estimate of drug-likeness (QED) is 0.614. The summed E-state index contributed by atoms with van der Waals surface area (Å²) in [6.07, 6.45) is 0.765. The minimum atomic E-state index is -0.0601. The number of aryl methyl sites for hydroxylation is 1. The fourth-order valence-corrected chi connectivity index (χ4v) is 3.43. The Labute approximate surface area is 174 Å². The van der Waals surface area contributed by atoms with Gasteiger partial charge in [0.2, 0.25) is 5.82 Å². The minimum Gasteiger partial charge on any atom is -0.493 e. The van der Waals surface area contributed by atoms with Gasteiger partial charge in [-0.1, -0.05) is 0 Å². The van der Waals surface area contributed by atoms with Crippen molar-refractivity contribution in [3.05, 3.63) is 47.5 Å². The maximum Gasteiger partial charge on any atom is 0.260 e. The molecule has 4 rings (SSSR count). The van der Waals surface area contributed by atoms with Crippen LogP contribution in [0.4, 0.5) is 0 Å². The van der Waals surface area contributed by atoms with Gasteiger partial charge in [0.25, 0.3) is 5.91 Å². The van der Waals surface area contributed by atoms with Crippen molar-refractivity contribution in [2.45, 2.75) is 13.0 Å². The van der Waals surface area contributed by atoms with Gasteiger partial charge in [-0.3, -0.25) is 4.79 Å². The van der Waals surface area contributed by atoms with Crippen LogP contribution < -0.4 is 14.2 Å². The molecule has 0 saturated carbocycles. The topological polar surface area (TPSA) is 91.6 Å². The van der Waals surface area contributed by atoms with E-state index in [4.69, 9.17) is 14.2 Å². The highest BCUT2D eigenvalue weighted by Crippen LogP contribution is 2.33. The van der Waals surface area contributed by atoms with E-state index in [1.165, 1.54) is 10.4 Å². The van der Waals surface area contributed by atoms with Crippen molar-refractivity contribution in [2.75, 3.05) is 27.4 Å². The molecule has 1 amide bonds. The molecule has 3 aromatic rings. The highest BCUT2D eigenvalue weighted by Gasteiger charge is 2.23. The number of benzene rings is 2. The van der Waals surface area contributed by atoms with Crippen LogP contribution in [-0.2, 0) is 24.8 Å². The molecule has 0 unspecified atom stereocenters. The van der Waals surface area contributed by atoms with Gasteiger partial charge in [-0.2, -0.15) is 4.80 Å². The van der Waals surface area contributed by atoms with Gasteiger partial charge in [-0.25, -0.2) is 0 Å².